The third-order valence-corrected chi connectivity index (χ3v) is 2.86. The second-order valence-electron chi connectivity index (χ2n) is 3.45. The Balaban J connectivity index is 2.00. The summed E-state index contributed by atoms with van der Waals surface area (Å²) < 4.78 is 26.5. The Morgan fingerprint density at radius 1 is 1.28 bits per heavy atom. The van der Waals surface area contributed by atoms with E-state index in [1.807, 2.05) is 5.38 Å². The number of nitrogen functional groups attached to an aromatic ring is 1. The van der Waals surface area contributed by atoms with Gasteiger partial charge in [-0.15, -0.1) is 11.3 Å². The molecule has 96 valence electrons. The van der Waals surface area contributed by atoms with Crippen LogP contribution >= 0.6 is 11.3 Å². The fraction of sp³-hybridized carbons (Fsp3) is 0.200. The summed E-state index contributed by atoms with van der Waals surface area (Å²) in [5, 5.41) is 4.68. The first-order valence-electron chi connectivity index (χ1n) is 5.14. The monoisotopic (exact) mass is 271 g/mol. The molecule has 8 heteroatoms. The van der Waals surface area contributed by atoms with Gasteiger partial charge in [-0.3, -0.25) is 0 Å². The van der Waals surface area contributed by atoms with Crippen LogP contribution in [-0.2, 0) is 6.42 Å². The summed E-state index contributed by atoms with van der Waals surface area (Å²) in [6.07, 6.45) is 0.632. The van der Waals surface area contributed by atoms with Crippen molar-refractivity contribution in [3.63, 3.8) is 0 Å². The summed E-state index contributed by atoms with van der Waals surface area (Å²) in [4.78, 5) is 7.78. The highest BCUT2D eigenvalue weighted by atomic mass is 32.1. The molecular formula is C10H11F2N5S. The number of nitrogens with two attached hydrogens (primary N) is 1. The normalized spacial score (nSPS) is 10.4. The number of rotatable bonds is 5. The van der Waals surface area contributed by atoms with Gasteiger partial charge in [0.2, 0.25) is 0 Å². The van der Waals surface area contributed by atoms with Crippen molar-refractivity contribution in [1.82, 2.24) is 9.97 Å². The SMILES string of the molecule is NNc1nc(NCCc2cscn2)c(F)cc1F. The predicted molar refractivity (Wildman–Crippen MR) is 66.3 cm³/mol. The molecule has 0 spiro atoms. The maximum atomic E-state index is 13.4. The molecule has 18 heavy (non-hydrogen) atoms. The predicted octanol–water partition coefficient (Wildman–Crippen LogP) is 1.76. The fourth-order valence-electron chi connectivity index (χ4n) is 1.36. The maximum absolute atomic E-state index is 13.4. The molecule has 2 aromatic rings. The molecule has 0 aliphatic rings. The lowest BCUT2D eigenvalue weighted by atomic mass is 10.3. The number of nitrogens with zero attached hydrogens (tertiary/aromatic N) is 2. The van der Waals surface area contributed by atoms with Crippen LogP contribution in [0.4, 0.5) is 20.4 Å². The van der Waals surface area contributed by atoms with Crippen molar-refractivity contribution in [1.29, 1.82) is 0 Å². The highest BCUT2D eigenvalue weighted by Gasteiger charge is 2.10. The van der Waals surface area contributed by atoms with Gasteiger partial charge < -0.3 is 10.7 Å². The molecule has 2 aromatic heterocycles. The van der Waals surface area contributed by atoms with Gasteiger partial charge in [0.15, 0.2) is 23.3 Å². The average molecular weight is 271 g/mol. The van der Waals surface area contributed by atoms with Crippen LogP contribution in [-0.4, -0.2) is 16.5 Å². The zero-order valence-electron chi connectivity index (χ0n) is 9.28. The molecule has 0 aliphatic carbocycles. The Labute approximate surface area is 106 Å². The van der Waals surface area contributed by atoms with E-state index in [4.69, 9.17) is 5.84 Å². The number of nitrogens with one attached hydrogen (secondary N) is 2. The van der Waals surface area contributed by atoms with Crippen LogP contribution in [0, 0.1) is 11.6 Å². The van der Waals surface area contributed by atoms with E-state index in [0.717, 1.165) is 11.8 Å². The Morgan fingerprint density at radius 2 is 2.06 bits per heavy atom. The van der Waals surface area contributed by atoms with Crippen molar-refractivity contribution in [3.05, 3.63) is 34.3 Å². The second-order valence-corrected chi connectivity index (χ2v) is 4.17. The van der Waals surface area contributed by atoms with Gasteiger partial charge in [-0.05, 0) is 0 Å². The highest BCUT2D eigenvalue weighted by Crippen LogP contribution is 2.18. The number of pyridine rings is 1. The van der Waals surface area contributed by atoms with Crippen LogP contribution in [0.5, 0.6) is 0 Å². The molecule has 4 N–H and O–H groups in total. The van der Waals surface area contributed by atoms with E-state index in [9.17, 15) is 8.78 Å². The fourth-order valence-corrected chi connectivity index (χ4v) is 1.95. The minimum absolute atomic E-state index is 0.0421. The lowest BCUT2D eigenvalue weighted by Gasteiger charge is -2.08. The summed E-state index contributed by atoms with van der Waals surface area (Å²) in [6.45, 7) is 0.448. The number of hydrogen-bond acceptors (Lipinski definition) is 6. The Hall–Kier alpha value is -1.80. The number of halogens is 2. The van der Waals surface area contributed by atoms with E-state index in [2.05, 4.69) is 20.7 Å². The molecule has 2 rings (SSSR count). The van der Waals surface area contributed by atoms with E-state index < -0.39 is 11.6 Å². The molecule has 0 bridgehead atoms. The molecule has 0 atom stereocenters. The van der Waals surface area contributed by atoms with E-state index >= 15 is 0 Å². The summed E-state index contributed by atoms with van der Waals surface area (Å²) >= 11 is 1.49. The summed E-state index contributed by atoms with van der Waals surface area (Å²) in [7, 11) is 0. The minimum Gasteiger partial charge on any atom is -0.367 e. The zero-order valence-corrected chi connectivity index (χ0v) is 10.1. The van der Waals surface area contributed by atoms with E-state index in [-0.39, 0.29) is 11.6 Å². The molecule has 0 unspecified atom stereocenters. The molecule has 5 nitrogen and oxygen atoms in total. The van der Waals surface area contributed by atoms with Gasteiger partial charge in [-0.25, -0.2) is 24.6 Å². The molecule has 0 aromatic carbocycles. The van der Waals surface area contributed by atoms with Gasteiger partial charge >= 0.3 is 0 Å². The standard InChI is InChI=1S/C10H11F2N5S/c11-7-3-8(12)10(17-13)16-9(7)14-2-1-6-4-18-5-15-6/h3-5H,1-2,13H2,(H2,14,16,17). The molecular weight excluding hydrogens is 260 g/mol. The van der Waals surface area contributed by atoms with Crippen molar-refractivity contribution >= 4 is 23.0 Å². The quantitative estimate of drug-likeness (QED) is 0.570. The second kappa shape index (κ2) is 5.69. The number of hydrazine groups is 1. The van der Waals surface area contributed by atoms with Gasteiger partial charge in [-0.2, -0.15) is 0 Å². The number of thiazole rings is 1. The maximum Gasteiger partial charge on any atom is 0.178 e. The van der Waals surface area contributed by atoms with Crippen LogP contribution in [0.3, 0.4) is 0 Å². The van der Waals surface area contributed by atoms with Crippen LogP contribution in [0.25, 0.3) is 0 Å². The summed E-state index contributed by atoms with van der Waals surface area (Å²) in [5.41, 5.74) is 4.70. The van der Waals surface area contributed by atoms with Crippen LogP contribution in [0.2, 0.25) is 0 Å². The lowest BCUT2D eigenvalue weighted by Crippen LogP contribution is -2.14. The number of hydrogen-bond donors (Lipinski definition) is 3. The molecule has 0 aliphatic heterocycles. The smallest absolute Gasteiger partial charge is 0.178 e. The van der Waals surface area contributed by atoms with Crippen molar-refractivity contribution in [3.8, 4) is 0 Å². The van der Waals surface area contributed by atoms with Crippen LogP contribution in [0.15, 0.2) is 17.0 Å². The third kappa shape index (κ3) is 2.90. The lowest BCUT2D eigenvalue weighted by molar-refractivity contribution is 0.578. The van der Waals surface area contributed by atoms with E-state index in [1.54, 1.807) is 5.51 Å². The van der Waals surface area contributed by atoms with E-state index in [1.165, 1.54) is 11.3 Å². The number of aromatic nitrogens is 2. The highest BCUT2D eigenvalue weighted by molar-refractivity contribution is 7.07. The zero-order chi connectivity index (χ0) is 13.0. The third-order valence-electron chi connectivity index (χ3n) is 2.22. The van der Waals surface area contributed by atoms with Crippen molar-refractivity contribution in [2.24, 2.45) is 5.84 Å². The van der Waals surface area contributed by atoms with Crippen LogP contribution in [0.1, 0.15) is 5.69 Å². The topological polar surface area (TPSA) is 75.9 Å². The average Bonchev–Trinajstić information content (AvgIpc) is 2.85. The van der Waals surface area contributed by atoms with E-state index in [0.29, 0.717) is 13.0 Å². The first-order valence-corrected chi connectivity index (χ1v) is 6.08. The molecule has 0 radical (unpaired) electrons. The Bertz CT molecular complexity index is 517. The summed E-state index contributed by atoms with van der Waals surface area (Å²) in [5.74, 6) is 3.23. The van der Waals surface area contributed by atoms with Gasteiger partial charge in [0.25, 0.3) is 0 Å². The van der Waals surface area contributed by atoms with Gasteiger partial charge in [-0.1, -0.05) is 0 Å². The molecule has 0 saturated heterocycles. The van der Waals surface area contributed by atoms with Crippen molar-refractivity contribution in [2.45, 2.75) is 6.42 Å². The largest absolute Gasteiger partial charge is 0.367 e. The van der Waals surface area contributed by atoms with Crippen molar-refractivity contribution < 1.29 is 8.78 Å². The molecule has 0 saturated carbocycles. The Morgan fingerprint density at radius 3 is 2.72 bits per heavy atom. The van der Waals surface area contributed by atoms with Gasteiger partial charge in [0.05, 0.1) is 11.2 Å². The van der Waals surface area contributed by atoms with Gasteiger partial charge in [0, 0.05) is 24.4 Å². The van der Waals surface area contributed by atoms with Crippen LogP contribution < -0.4 is 16.6 Å². The first-order chi connectivity index (χ1) is 8.70. The molecule has 0 fully saturated rings. The van der Waals surface area contributed by atoms with Crippen molar-refractivity contribution in [2.75, 3.05) is 17.3 Å². The Kier molecular flexibility index (Phi) is 4.00. The minimum atomic E-state index is -0.833. The number of anilines is 2. The first kappa shape index (κ1) is 12.7. The summed E-state index contributed by atoms with van der Waals surface area (Å²) in [6, 6.07) is 0.730. The molecule has 2 heterocycles. The van der Waals surface area contributed by atoms with Gasteiger partial charge in [0.1, 0.15) is 0 Å². The molecule has 0 amide bonds.